The fourth-order valence-corrected chi connectivity index (χ4v) is 3.81. The van der Waals surface area contributed by atoms with E-state index in [4.69, 9.17) is 5.73 Å². The van der Waals surface area contributed by atoms with Gasteiger partial charge in [0.2, 0.25) is 0 Å². The van der Waals surface area contributed by atoms with Crippen molar-refractivity contribution in [2.75, 3.05) is 23.3 Å². The third-order valence-electron chi connectivity index (χ3n) is 4.42. The van der Waals surface area contributed by atoms with E-state index in [9.17, 15) is 9.59 Å². The van der Waals surface area contributed by atoms with E-state index in [0.29, 0.717) is 24.6 Å². The summed E-state index contributed by atoms with van der Waals surface area (Å²) < 4.78 is 4.21. The molecule has 1 aliphatic heterocycles. The van der Waals surface area contributed by atoms with Crippen molar-refractivity contribution in [2.45, 2.75) is 26.2 Å². The van der Waals surface area contributed by atoms with Gasteiger partial charge in [0.25, 0.3) is 5.91 Å². The van der Waals surface area contributed by atoms with Gasteiger partial charge in [0.1, 0.15) is 10.8 Å². The Balaban J connectivity index is 1.82. The summed E-state index contributed by atoms with van der Waals surface area (Å²) in [5.74, 6) is 0.626. The molecule has 0 unspecified atom stereocenters. The Bertz CT molecular complexity index is 865. The summed E-state index contributed by atoms with van der Waals surface area (Å²) in [4.78, 5) is 34.3. The van der Waals surface area contributed by atoms with Crippen molar-refractivity contribution >= 4 is 39.9 Å². The number of carbonyl (C=O) groups excluding carboxylic acids is 2. The smallest absolute Gasteiger partial charge is 0.271 e. The summed E-state index contributed by atoms with van der Waals surface area (Å²) in [6.07, 6.45) is 5.37. The van der Waals surface area contributed by atoms with Gasteiger partial charge < -0.3 is 16.0 Å². The van der Waals surface area contributed by atoms with Crippen LogP contribution in [0.2, 0.25) is 0 Å². The van der Waals surface area contributed by atoms with Crippen molar-refractivity contribution in [1.29, 1.82) is 0 Å². The van der Waals surface area contributed by atoms with Gasteiger partial charge in [-0.05, 0) is 49.4 Å². The molecular formula is C18H22N6O2S. The highest BCUT2D eigenvalue weighted by molar-refractivity contribution is 7.10. The first kappa shape index (κ1) is 19.0. The predicted molar refractivity (Wildman–Crippen MR) is 105 cm³/mol. The van der Waals surface area contributed by atoms with Crippen molar-refractivity contribution in [3.8, 4) is 0 Å². The maximum absolute atomic E-state index is 11.7. The summed E-state index contributed by atoms with van der Waals surface area (Å²) in [7, 11) is 0. The van der Waals surface area contributed by atoms with Crippen LogP contribution >= 0.6 is 11.5 Å². The Hall–Kier alpha value is -2.81. The number of nitrogens with zero attached hydrogens (tertiary/aromatic N) is 4. The van der Waals surface area contributed by atoms with Crippen LogP contribution in [0.3, 0.4) is 0 Å². The molecule has 9 heteroatoms. The minimum Gasteiger partial charge on any atom is -0.364 e. The van der Waals surface area contributed by atoms with Crippen molar-refractivity contribution in [3.05, 3.63) is 36.3 Å². The summed E-state index contributed by atoms with van der Waals surface area (Å²) in [5.41, 5.74) is 6.40. The molecule has 0 radical (unpaired) electrons. The van der Waals surface area contributed by atoms with Crippen molar-refractivity contribution < 1.29 is 9.59 Å². The zero-order chi connectivity index (χ0) is 19.4. The first-order valence-electron chi connectivity index (χ1n) is 8.73. The van der Waals surface area contributed by atoms with Gasteiger partial charge in [-0.3, -0.25) is 9.59 Å². The van der Waals surface area contributed by atoms with Crippen molar-refractivity contribution in [3.63, 3.8) is 0 Å². The molecule has 2 aromatic rings. The Morgan fingerprint density at radius 1 is 1.52 bits per heavy atom. The summed E-state index contributed by atoms with van der Waals surface area (Å²) in [5, 5.41) is 3.85. The van der Waals surface area contributed by atoms with Gasteiger partial charge in [-0.2, -0.15) is 4.37 Å². The second-order valence-corrected chi connectivity index (χ2v) is 7.38. The number of nitrogens with one attached hydrogen (secondary N) is 1. The lowest BCUT2D eigenvalue weighted by Gasteiger charge is -2.33. The zero-order valence-electron chi connectivity index (χ0n) is 15.1. The van der Waals surface area contributed by atoms with E-state index in [1.807, 2.05) is 13.0 Å². The zero-order valence-corrected chi connectivity index (χ0v) is 16.0. The Morgan fingerprint density at radius 2 is 2.33 bits per heavy atom. The van der Waals surface area contributed by atoms with Gasteiger partial charge >= 0.3 is 0 Å². The number of hydrogen-bond acceptors (Lipinski definition) is 8. The number of amides is 1. The molecule has 27 heavy (non-hydrogen) atoms. The van der Waals surface area contributed by atoms with Gasteiger partial charge in [-0.1, -0.05) is 6.58 Å². The van der Waals surface area contributed by atoms with Crippen LogP contribution in [0.5, 0.6) is 0 Å². The molecule has 8 nitrogen and oxygen atoms in total. The van der Waals surface area contributed by atoms with E-state index < -0.39 is 5.91 Å². The number of nitrogens with two attached hydrogens (primary N) is 1. The van der Waals surface area contributed by atoms with Crippen LogP contribution in [-0.2, 0) is 4.79 Å². The van der Waals surface area contributed by atoms with E-state index in [1.165, 1.54) is 17.6 Å². The molecule has 1 aliphatic rings. The SMILES string of the molecule is C=CC(=O)C[C@@H]1CCCN(c2cnc(C(N)=O)c(Nc3cc(C)ns3)n2)C1. The summed E-state index contributed by atoms with van der Waals surface area (Å²) in [6.45, 7) is 6.96. The van der Waals surface area contributed by atoms with Crippen molar-refractivity contribution in [2.24, 2.45) is 11.7 Å². The highest BCUT2D eigenvalue weighted by Crippen LogP contribution is 2.27. The molecule has 3 heterocycles. The number of aryl methyl sites for hydroxylation is 1. The number of allylic oxidation sites excluding steroid dienone is 1. The molecule has 3 rings (SSSR count). The molecule has 1 saturated heterocycles. The highest BCUT2D eigenvalue weighted by Gasteiger charge is 2.24. The van der Waals surface area contributed by atoms with Crippen molar-refractivity contribution in [1.82, 2.24) is 14.3 Å². The van der Waals surface area contributed by atoms with Gasteiger partial charge in [0.15, 0.2) is 17.3 Å². The summed E-state index contributed by atoms with van der Waals surface area (Å²) >= 11 is 1.27. The normalized spacial score (nSPS) is 16.8. The number of piperidine rings is 1. The predicted octanol–water partition coefficient (Wildman–Crippen LogP) is 2.45. The van der Waals surface area contributed by atoms with Gasteiger partial charge in [-0.25, -0.2) is 9.97 Å². The average molecular weight is 386 g/mol. The van der Waals surface area contributed by atoms with Crippen LogP contribution in [0, 0.1) is 12.8 Å². The van der Waals surface area contributed by atoms with Gasteiger partial charge in [0.05, 0.1) is 11.9 Å². The fourth-order valence-electron chi connectivity index (χ4n) is 3.15. The van der Waals surface area contributed by atoms with E-state index in [1.54, 1.807) is 6.20 Å². The molecule has 3 N–H and O–H groups in total. The lowest BCUT2D eigenvalue weighted by molar-refractivity contribution is -0.115. The van der Waals surface area contributed by atoms with Gasteiger partial charge in [0, 0.05) is 19.5 Å². The first-order chi connectivity index (χ1) is 13.0. The number of primary amides is 1. The minimum atomic E-state index is -0.647. The van der Waals surface area contributed by atoms with Crippen LogP contribution < -0.4 is 16.0 Å². The topological polar surface area (TPSA) is 114 Å². The number of anilines is 3. The molecule has 1 atom stereocenters. The number of ketones is 1. The fraction of sp³-hybridized carbons (Fsp3) is 0.389. The van der Waals surface area contributed by atoms with E-state index in [0.717, 1.165) is 30.1 Å². The Morgan fingerprint density at radius 3 is 3.00 bits per heavy atom. The third-order valence-corrected chi connectivity index (χ3v) is 5.22. The maximum atomic E-state index is 11.7. The number of rotatable bonds is 7. The van der Waals surface area contributed by atoms with E-state index in [-0.39, 0.29) is 17.4 Å². The summed E-state index contributed by atoms with van der Waals surface area (Å²) in [6, 6.07) is 1.86. The molecule has 0 bridgehead atoms. The molecule has 0 aromatic carbocycles. The quantitative estimate of drug-likeness (QED) is 0.702. The number of carbonyl (C=O) groups is 2. The first-order valence-corrected chi connectivity index (χ1v) is 9.51. The Kier molecular flexibility index (Phi) is 5.80. The third kappa shape index (κ3) is 4.68. The van der Waals surface area contributed by atoms with Crippen LogP contribution in [0.1, 0.15) is 35.4 Å². The molecule has 2 aromatic heterocycles. The molecular weight excluding hydrogens is 364 g/mol. The number of aromatic nitrogens is 3. The van der Waals surface area contributed by atoms with Gasteiger partial charge in [-0.15, -0.1) is 0 Å². The largest absolute Gasteiger partial charge is 0.364 e. The van der Waals surface area contributed by atoms with Crippen LogP contribution in [0.4, 0.5) is 16.6 Å². The highest BCUT2D eigenvalue weighted by atomic mass is 32.1. The molecule has 0 saturated carbocycles. The maximum Gasteiger partial charge on any atom is 0.271 e. The van der Waals surface area contributed by atoms with Crippen LogP contribution in [-0.4, -0.2) is 39.1 Å². The monoisotopic (exact) mass is 386 g/mol. The Labute approximate surface area is 161 Å². The molecule has 0 spiro atoms. The molecule has 1 fully saturated rings. The minimum absolute atomic E-state index is 0.0555. The van der Waals surface area contributed by atoms with E-state index >= 15 is 0 Å². The molecule has 142 valence electrons. The van der Waals surface area contributed by atoms with E-state index in [2.05, 4.69) is 31.1 Å². The molecule has 1 amide bonds. The second kappa shape index (κ2) is 8.26. The lowest BCUT2D eigenvalue weighted by Crippen LogP contribution is -2.37. The standard InChI is InChI=1S/C18H22N6O2S/c1-3-13(25)8-12-5-4-6-24(10-12)14-9-20-16(17(19)26)18(21-14)22-15-7-11(2)23-27-15/h3,7,9,12H,1,4-6,8,10H2,2H3,(H2,19,26)(H,21,22)/t12-/m0/s1. The molecule has 0 aliphatic carbocycles. The van der Waals surface area contributed by atoms with Crippen LogP contribution in [0.25, 0.3) is 0 Å². The van der Waals surface area contributed by atoms with Crippen LogP contribution in [0.15, 0.2) is 24.9 Å². The lowest BCUT2D eigenvalue weighted by atomic mass is 9.93. The number of hydrogen-bond donors (Lipinski definition) is 2. The average Bonchev–Trinajstić information content (AvgIpc) is 3.06. The second-order valence-electron chi connectivity index (χ2n) is 6.58.